The van der Waals surface area contributed by atoms with E-state index in [2.05, 4.69) is 26.2 Å². The number of phenolic OH excluding ortho intramolecular Hbond substituents is 2. The van der Waals surface area contributed by atoms with Gasteiger partial charge in [0.15, 0.2) is 16.6 Å². The normalized spacial score (nSPS) is 12.3. The van der Waals surface area contributed by atoms with Crippen LogP contribution in [-0.2, 0) is 17.0 Å². The fourth-order valence-corrected chi connectivity index (χ4v) is 12.5. The molecule has 0 unspecified atom stereocenters. The first-order chi connectivity index (χ1) is 12.7. The Morgan fingerprint density at radius 2 is 0.963 bits per heavy atom. The highest BCUT2D eigenvalue weighted by Crippen LogP contribution is 2.25. The minimum Gasteiger partial charge on any atom is -0.508 e. The number of hydrogen-bond donors (Lipinski definition) is 2. The second-order valence-electron chi connectivity index (χ2n) is 8.66. The maximum Gasteiger partial charge on any atom is 0.173 e. The number of benzene rings is 2. The van der Waals surface area contributed by atoms with Gasteiger partial charge in [0.1, 0.15) is 11.5 Å². The lowest BCUT2D eigenvalue weighted by Crippen LogP contribution is -2.44. The van der Waals surface area contributed by atoms with Crippen molar-refractivity contribution in [2.45, 2.75) is 64.0 Å². The molecule has 2 N–H and O–H groups in total. The standard InChI is InChI=1S/C22H34O3Si2/c1-26(2,17-5-7-19-9-13-21(23)14-10-19)25-27(3,4)18-6-8-20-11-15-22(24)16-12-20/h9-16,23-24H,5-8,17-18H2,1-4H3. The molecule has 2 aromatic rings. The molecule has 0 radical (unpaired) electrons. The molecule has 0 aliphatic carbocycles. The van der Waals surface area contributed by atoms with Crippen LogP contribution in [0.25, 0.3) is 0 Å². The lowest BCUT2D eigenvalue weighted by Gasteiger charge is -2.34. The van der Waals surface area contributed by atoms with E-state index in [0.717, 1.165) is 25.7 Å². The first kappa shape index (κ1) is 21.7. The molecular weight excluding hydrogens is 368 g/mol. The van der Waals surface area contributed by atoms with Gasteiger partial charge >= 0.3 is 0 Å². The van der Waals surface area contributed by atoms with Gasteiger partial charge in [-0.15, -0.1) is 0 Å². The zero-order chi connectivity index (χ0) is 19.9. The maximum atomic E-state index is 9.38. The summed E-state index contributed by atoms with van der Waals surface area (Å²) in [4.78, 5) is 0. The average molecular weight is 403 g/mol. The van der Waals surface area contributed by atoms with Gasteiger partial charge in [0.05, 0.1) is 0 Å². The number of phenols is 2. The Morgan fingerprint density at radius 1 is 0.630 bits per heavy atom. The van der Waals surface area contributed by atoms with E-state index in [1.54, 1.807) is 24.3 Å². The van der Waals surface area contributed by atoms with Crippen LogP contribution in [0.4, 0.5) is 0 Å². The van der Waals surface area contributed by atoms with Gasteiger partial charge in [0.2, 0.25) is 0 Å². The SMILES string of the molecule is C[Si](C)(CCCc1ccc(O)cc1)O[Si](C)(C)CCCc1ccc(O)cc1. The third kappa shape index (κ3) is 8.32. The highest BCUT2D eigenvalue weighted by Gasteiger charge is 2.32. The second kappa shape index (κ2) is 9.58. The monoisotopic (exact) mass is 402 g/mol. The molecule has 0 heterocycles. The number of aromatic hydroxyl groups is 2. The summed E-state index contributed by atoms with van der Waals surface area (Å²) in [7, 11) is -3.32. The summed E-state index contributed by atoms with van der Waals surface area (Å²) < 4.78 is 6.74. The van der Waals surface area contributed by atoms with Crippen LogP contribution in [-0.4, -0.2) is 26.8 Å². The van der Waals surface area contributed by atoms with E-state index in [9.17, 15) is 10.2 Å². The van der Waals surface area contributed by atoms with E-state index in [0.29, 0.717) is 11.5 Å². The van der Waals surface area contributed by atoms with E-state index in [4.69, 9.17) is 4.12 Å². The zero-order valence-corrected chi connectivity index (χ0v) is 19.2. The molecule has 0 spiro atoms. The molecule has 2 rings (SSSR count). The van der Waals surface area contributed by atoms with Crippen LogP contribution in [0.1, 0.15) is 24.0 Å². The highest BCUT2D eigenvalue weighted by molar-refractivity contribution is 6.84. The number of aryl methyl sites for hydroxylation is 2. The highest BCUT2D eigenvalue weighted by atomic mass is 28.4. The van der Waals surface area contributed by atoms with Crippen LogP contribution < -0.4 is 0 Å². The van der Waals surface area contributed by atoms with Crippen LogP contribution in [0.3, 0.4) is 0 Å². The predicted molar refractivity (Wildman–Crippen MR) is 119 cm³/mol. The molecule has 0 amide bonds. The Hall–Kier alpha value is -1.57. The van der Waals surface area contributed by atoms with E-state index in [-0.39, 0.29) is 0 Å². The molecule has 0 aliphatic heterocycles. The molecule has 0 aromatic heterocycles. The van der Waals surface area contributed by atoms with Gasteiger partial charge in [0, 0.05) is 0 Å². The summed E-state index contributed by atoms with van der Waals surface area (Å²) >= 11 is 0. The van der Waals surface area contributed by atoms with Gasteiger partial charge in [-0.3, -0.25) is 0 Å². The molecule has 2 aromatic carbocycles. The summed E-state index contributed by atoms with van der Waals surface area (Å²) in [5.41, 5.74) is 2.56. The number of rotatable bonds is 10. The van der Waals surface area contributed by atoms with Crippen LogP contribution in [0.15, 0.2) is 48.5 Å². The second-order valence-corrected chi connectivity index (χ2v) is 17.5. The molecule has 0 saturated heterocycles. The van der Waals surface area contributed by atoms with E-state index in [1.165, 1.54) is 23.2 Å². The maximum absolute atomic E-state index is 9.38. The Kier molecular flexibility index (Phi) is 7.71. The summed E-state index contributed by atoms with van der Waals surface area (Å²) in [5, 5.41) is 18.8. The van der Waals surface area contributed by atoms with E-state index >= 15 is 0 Å². The smallest absolute Gasteiger partial charge is 0.173 e. The molecule has 3 nitrogen and oxygen atoms in total. The Labute approximate surface area is 166 Å². The van der Waals surface area contributed by atoms with Crippen LogP contribution in [0, 0.1) is 0 Å². The third-order valence-electron chi connectivity index (χ3n) is 4.91. The summed E-state index contributed by atoms with van der Waals surface area (Å²) in [6, 6.07) is 17.4. The van der Waals surface area contributed by atoms with E-state index in [1.807, 2.05) is 24.3 Å². The van der Waals surface area contributed by atoms with Crippen LogP contribution >= 0.6 is 0 Å². The fraction of sp³-hybridized carbons (Fsp3) is 0.455. The first-order valence-electron chi connectivity index (χ1n) is 9.91. The van der Waals surface area contributed by atoms with Gasteiger partial charge in [-0.25, -0.2) is 0 Å². The fourth-order valence-electron chi connectivity index (χ4n) is 3.61. The molecule has 0 fully saturated rings. The van der Waals surface area contributed by atoms with Crippen LogP contribution in [0.2, 0.25) is 38.3 Å². The van der Waals surface area contributed by atoms with E-state index < -0.39 is 16.6 Å². The number of hydrogen-bond acceptors (Lipinski definition) is 3. The Morgan fingerprint density at radius 3 is 1.30 bits per heavy atom. The summed E-state index contributed by atoms with van der Waals surface area (Å²) in [6.45, 7) is 9.38. The Balaban J connectivity index is 1.74. The van der Waals surface area contributed by atoms with Gasteiger partial charge in [-0.2, -0.15) is 0 Å². The molecular formula is C22H34O3Si2. The third-order valence-corrected chi connectivity index (χ3v) is 12.4. The minimum atomic E-state index is -1.66. The first-order valence-corrected chi connectivity index (χ1v) is 16.1. The van der Waals surface area contributed by atoms with Crippen molar-refractivity contribution in [3.8, 4) is 11.5 Å². The van der Waals surface area contributed by atoms with Crippen molar-refractivity contribution in [3.63, 3.8) is 0 Å². The topological polar surface area (TPSA) is 49.7 Å². The molecule has 0 atom stereocenters. The average Bonchev–Trinajstić information content (AvgIpc) is 2.57. The molecule has 0 bridgehead atoms. The van der Waals surface area contributed by atoms with Gasteiger partial charge in [-0.05, 0) is 99.4 Å². The van der Waals surface area contributed by atoms with Crippen molar-refractivity contribution in [1.29, 1.82) is 0 Å². The van der Waals surface area contributed by atoms with Crippen molar-refractivity contribution in [1.82, 2.24) is 0 Å². The summed E-state index contributed by atoms with van der Waals surface area (Å²) in [6.07, 6.45) is 4.37. The molecule has 5 heteroatoms. The Bertz CT molecular complexity index is 633. The van der Waals surface area contributed by atoms with Gasteiger partial charge < -0.3 is 14.3 Å². The quantitative estimate of drug-likeness (QED) is 0.473. The van der Waals surface area contributed by atoms with Gasteiger partial charge in [0.25, 0.3) is 0 Å². The minimum absolute atomic E-state index is 0.330. The van der Waals surface area contributed by atoms with Crippen molar-refractivity contribution in [2.75, 3.05) is 0 Å². The molecule has 0 aliphatic rings. The lowest BCUT2D eigenvalue weighted by molar-refractivity contribution is 0.474. The molecule has 148 valence electrons. The van der Waals surface area contributed by atoms with Crippen molar-refractivity contribution >= 4 is 16.6 Å². The van der Waals surface area contributed by atoms with Crippen molar-refractivity contribution < 1.29 is 14.3 Å². The lowest BCUT2D eigenvalue weighted by atomic mass is 10.1. The molecule has 27 heavy (non-hydrogen) atoms. The largest absolute Gasteiger partial charge is 0.508 e. The zero-order valence-electron chi connectivity index (χ0n) is 17.2. The predicted octanol–water partition coefficient (Wildman–Crippen LogP) is 6.09. The van der Waals surface area contributed by atoms with Gasteiger partial charge in [-0.1, -0.05) is 24.3 Å². The van der Waals surface area contributed by atoms with Crippen LogP contribution in [0.5, 0.6) is 11.5 Å². The van der Waals surface area contributed by atoms with Crippen molar-refractivity contribution in [3.05, 3.63) is 59.7 Å². The summed E-state index contributed by atoms with van der Waals surface area (Å²) in [5.74, 6) is 0.661. The molecule has 0 saturated carbocycles. The van der Waals surface area contributed by atoms with Crippen molar-refractivity contribution in [2.24, 2.45) is 0 Å².